The van der Waals surface area contributed by atoms with Crippen molar-refractivity contribution < 1.29 is 14.3 Å². The molecule has 1 aromatic heterocycles. The summed E-state index contributed by atoms with van der Waals surface area (Å²) >= 11 is 4.70. The summed E-state index contributed by atoms with van der Waals surface area (Å²) in [4.78, 5) is 24.5. The highest BCUT2D eigenvalue weighted by Gasteiger charge is 2.12. The zero-order chi connectivity index (χ0) is 15.9. The molecule has 0 spiro atoms. The zero-order valence-corrected chi connectivity index (χ0v) is 14.3. The molecule has 0 aliphatic rings. The van der Waals surface area contributed by atoms with Crippen LogP contribution in [0, 0.1) is 0 Å². The molecule has 0 radical (unpaired) electrons. The predicted molar refractivity (Wildman–Crippen MR) is 89.7 cm³/mol. The van der Waals surface area contributed by atoms with Crippen molar-refractivity contribution in [3.63, 3.8) is 0 Å². The minimum Gasteiger partial charge on any atom is -0.496 e. The van der Waals surface area contributed by atoms with Crippen molar-refractivity contribution in [1.82, 2.24) is 10.6 Å². The smallest absolute Gasteiger partial charge is 0.261 e. The number of carbonyl (C=O) groups excluding carboxylic acids is 2. The van der Waals surface area contributed by atoms with Crippen LogP contribution in [0.4, 0.5) is 0 Å². The second kappa shape index (κ2) is 7.95. The molecule has 2 amide bonds. The molecule has 2 N–H and O–H groups in total. The summed E-state index contributed by atoms with van der Waals surface area (Å²) in [7, 11) is 1.52. The Kier molecular flexibility index (Phi) is 5.97. The van der Waals surface area contributed by atoms with Crippen molar-refractivity contribution in [2.45, 2.75) is 0 Å². The van der Waals surface area contributed by atoms with E-state index in [0.717, 1.165) is 4.47 Å². The number of ether oxygens (including phenoxy) is 1. The van der Waals surface area contributed by atoms with E-state index in [2.05, 4.69) is 26.6 Å². The van der Waals surface area contributed by atoms with E-state index in [1.54, 1.807) is 24.3 Å². The van der Waals surface area contributed by atoms with E-state index in [-0.39, 0.29) is 11.8 Å². The van der Waals surface area contributed by atoms with Gasteiger partial charge in [0.25, 0.3) is 11.8 Å². The average Bonchev–Trinajstić information content (AvgIpc) is 3.05. The van der Waals surface area contributed by atoms with Crippen LogP contribution in [-0.2, 0) is 0 Å². The van der Waals surface area contributed by atoms with Gasteiger partial charge in [0.1, 0.15) is 5.75 Å². The Bertz CT molecular complexity index is 659. The lowest BCUT2D eigenvalue weighted by molar-refractivity contribution is 0.0928. The summed E-state index contributed by atoms with van der Waals surface area (Å²) in [5, 5.41) is 7.34. The van der Waals surface area contributed by atoms with Gasteiger partial charge in [-0.25, -0.2) is 0 Å². The number of rotatable bonds is 6. The quantitative estimate of drug-likeness (QED) is 0.754. The number of nitrogens with one attached hydrogen (secondary N) is 2. The summed E-state index contributed by atoms with van der Waals surface area (Å²) in [6.07, 6.45) is 0. The molecule has 5 nitrogen and oxygen atoms in total. The molecule has 0 saturated carbocycles. The van der Waals surface area contributed by atoms with Gasteiger partial charge in [0.15, 0.2) is 0 Å². The van der Waals surface area contributed by atoms with E-state index < -0.39 is 0 Å². The minimum absolute atomic E-state index is 0.135. The maximum Gasteiger partial charge on any atom is 0.261 e. The topological polar surface area (TPSA) is 67.4 Å². The Morgan fingerprint density at radius 2 is 1.91 bits per heavy atom. The molecule has 1 heterocycles. The van der Waals surface area contributed by atoms with Gasteiger partial charge >= 0.3 is 0 Å². The van der Waals surface area contributed by atoms with Crippen LogP contribution in [0.1, 0.15) is 20.0 Å². The maximum absolute atomic E-state index is 12.1. The second-order valence-electron chi connectivity index (χ2n) is 4.33. The molecule has 22 heavy (non-hydrogen) atoms. The summed E-state index contributed by atoms with van der Waals surface area (Å²) in [6.45, 7) is 0.699. The molecule has 0 aliphatic heterocycles. The van der Waals surface area contributed by atoms with Gasteiger partial charge in [0.2, 0.25) is 0 Å². The lowest BCUT2D eigenvalue weighted by Crippen LogP contribution is -2.34. The first kappa shape index (κ1) is 16.5. The van der Waals surface area contributed by atoms with Gasteiger partial charge in [-0.2, -0.15) is 0 Å². The third-order valence-electron chi connectivity index (χ3n) is 2.85. The molecule has 0 atom stereocenters. The molecule has 7 heteroatoms. The van der Waals surface area contributed by atoms with E-state index in [4.69, 9.17) is 4.74 Å². The average molecular weight is 383 g/mol. The highest BCUT2D eigenvalue weighted by atomic mass is 79.9. The van der Waals surface area contributed by atoms with Crippen LogP contribution >= 0.6 is 27.3 Å². The highest BCUT2D eigenvalue weighted by molar-refractivity contribution is 9.10. The molecule has 0 saturated heterocycles. The first-order valence-corrected chi connectivity index (χ1v) is 8.22. The van der Waals surface area contributed by atoms with Crippen LogP contribution in [0.5, 0.6) is 5.75 Å². The van der Waals surface area contributed by atoms with Crippen LogP contribution < -0.4 is 15.4 Å². The third kappa shape index (κ3) is 4.32. The number of amides is 2. The third-order valence-corrected chi connectivity index (χ3v) is 4.21. The van der Waals surface area contributed by atoms with Crippen molar-refractivity contribution in [2.24, 2.45) is 0 Å². The lowest BCUT2D eigenvalue weighted by atomic mass is 10.2. The van der Waals surface area contributed by atoms with E-state index in [1.807, 2.05) is 11.4 Å². The SMILES string of the molecule is COc1ccc(Br)cc1C(=O)NCCNC(=O)c1cccs1. The zero-order valence-electron chi connectivity index (χ0n) is 11.9. The molecular weight excluding hydrogens is 368 g/mol. The van der Waals surface area contributed by atoms with Crippen LogP contribution in [0.3, 0.4) is 0 Å². The summed E-state index contributed by atoms with van der Waals surface area (Å²) in [6, 6.07) is 8.79. The van der Waals surface area contributed by atoms with E-state index >= 15 is 0 Å². The predicted octanol–water partition coefficient (Wildman–Crippen LogP) is 2.68. The molecule has 2 rings (SSSR count). The van der Waals surface area contributed by atoms with Gasteiger partial charge in [-0.15, -0.1) is 11.3 Å². The van der Waals surface area contributed by atoms with E-state index in [9.17, 15) is 9.59 Å². The minimum atomic E-state index is -0.247. The fourth-order valence-corrected chi connectivity index (χ4v) is 2.80. The normalized spacial score (nSPS) is 10.1. The van der Waals surface area contributed by atoms with Crippen LogP contribution in [-0.4, -0.2) is 32.0 Å². The molecule has 0 unspecified atom stereocenters. The van der Waals surface area contributed by atoms with Crippen LogP contribution in [0.2, 0.25) is 0 Å². The number of hydrogen-bond acceptors (Lipinski definition) is 4. The molecule has 2 aromatic rings. The maximum atomic E-state index is 12.1. The van der Waals surface area contributed by atoms with E-state index in [0.29, 0.717) is 29.3 Å². The largest absolute Gasteiger partial charge is 0.496 e. The number of halogens is 1. The molecule has 0 fully saturated rings. The summed E-state index contributed by atoms with van der Waals surface area (Å²) in [5.74, 6) is 0.121. The molecular formula is C15H15BrN2O3S. The Balaban J connectivity index is 1.83. The van der Waals surface area contributed by atoms with Gasteiger partial charge in [-0.3, -0.25) is 9.59 Å². The standard InChI is InChI=1S/C15H15BrN2O3S/c1-21-12-5-4-10(16)9-11(12)14(19)17-6-7-18-15(20)13-3-2-8-22-13/h2-5,8-9H,6-7H2,1H3,(H,17,19)(H,18,20). The van der Waals surface area contributed by atoms with Gasteiger partial charge in [-0.05, 0) is 29.6 Å². The van der Waals surface area contributed by atoms with Crippen molar-refractivity contribution in [3.8, 4) is 5.75 Å². The van der Waals surface area contributed by atoms with Crippen LogP contribution in [0.25, 0.3) is 0 Å². The fourth-order valence-electron chi connectivity index (χ4n) is 1.80. The first-order chi connectivity index (χ1) is 10.6. The van der Waals surface area contributed by atoms with Crippen molar-refractivity contribution in [2.75, 3.05) is 20.2 Å². The number of hydrogen-bond donors (Lipinski definition) is 2. The van der Waals surface area contributed by atoms with E-state index in [1.165, 1.54) is 18.4 Å². The molecule has 1 aromatic carbocycles. The Morgan fingerprint density at radius 1 is 1.18 bits per heavy atom. The first-order valence-electron chi connectivity index (χ1n) is 6.55. The number of benzene rings is 1. The van der Waals surface area contributed by atoms with Crippen molar-refractivity contribution in [3.05, 3.63) is 50.6 Å². The molecule has 0 bridgehead atoms. The lowest BCUT2D eigenvalue weighted by Gasteiger charge is -2.10. The fraction of sp³-hybridized carbons (Fsp3) is 0.200. The summed E-state index contributed by atoms with van der Waals surface area (Å²) in [5.41, 5.74) is 0.446. The Morgan fingerprint density at radius 3 is 2.55 bits per heavy atom. The molecule has 0 aliphatic carbocycles. The second-order valence-corrected chi connectivity index (χ2v) is 6.20. The number of methoxy groups -OCH3 is 1. The number of thiophene rings is 1. The Hall–Kier alpha value is -1.86. The van der Waals surface area contributed by atoms with Gasteiger partial charge in [-0.1, -0.05) is 22.0 Å². The summed E-state index contributed by atoms with van der Waals surface area (Å²) < 4.78 is 5.96. The van der Waals surface area contributed by atoms with Crippen LogP contribution in [0.15, 0.2) is 40.2 Å². The van der Waals surface area contributed by atoms with Crippen molar-refractivity contribution in [1.29, 1.82) is 0 Å². The molecule has 116 valence electrons. The Labute approximate surface area is 140 Å². The number of carbonyl (C=O) groups is 2. The highest BCUT2D eigenvalue weighted by Crippen LogP contribution is 2.22. The van der Waals surface area contributed by atoms with Gasteiger partial charge < -0.3 is 15.4 Å². The van der Waals surface area contributed by atoms with Gasteiger partial charge in [0.05, 0.1) is 17.6 Å². The van der Waals surface area contributed by atoms with Gasteiger partial charge in [0, 0.05) is 17.6 Å². The monoisotopic (exact) mass is 382 g/mol. The van der Waals surface area contributed by atoms with Crippen molar-refractivity contribution >= 4 is 39.1 Å².